The van der Waals surface area contributed by atoms with Crippen LogP contribution in [0.1, 0.15) is 18.4 Å². The van der Waals surface area contributed by atoms with Gasteiger partial charge in [-0.1, -0.05) is 6.07 Å². The zero-order chi connectivity index (χ0) is 9.26. The summed E-state index contributed by atoms with van der Waals surface area (Å²) in [6.45, 7) is 0.933. The molecule has 0 heterocycles. The highest BCUT2D eigenvalue weighted by Gasteiger charge is 2.19. The second kappa shape index (κ2) is 3.68. The maximum Gasteiger partial charge on any atom is 0.0461 e. The molecule has 0 spiro atoms. The highest BCUT2D eigenvalue weighted by atomic mass is 79.9. The quantitative estimate of drug-likeness (QED) is 0.797. The summed E-state index contributed by atoms with van der Waals surface area (Å²) in [7, 11) is 0. The molecule has 0 unspecified atom stereocenters. The fourth-order valence-electron chi connectivity index (χ4n) is 1.25. The average Bonchev–Trinajstić information content (AvgIpc) is 2.91. The zero-order valence-corrected chi connectivity index (χ0v) is 8.97. The molecular formula is C10H13BrN2. The SMILES string of the molecule is Nc1cc(CNC2CC2)ccc1Br. The van der Waals surface area contributed by atoms with Crippen LogP contribution in [0.15, 0.2) is 22.7 Å². The lowest BCUT2D eigenvalue weighted by atomic mass is 10.2. The smallest absolute Gasteiger partial charge is 0.0461 e. The molecule has 0 atom stereocenters. The van der Waals surface area contributed by atoms with Crippen LogP contribution in [-0.4, -0.2) is 6.04 Å². The van der Waals surface area contributed by atoms with Crippen molar-refractivity contribution in [3.63, 3.8) is 0 Å². The molecule has 3 heteroatoms. The number of benzene rings is 1. The largest absolute Gasteiger partial charge is 0.398 e. The second-order valence-corrected chi connectivity index (χ2v) is 4.37. The van der Waals surface area contributed by atoms with E-state index in [1.54, 1.807) is 0 Å². The van der Waals surface area contributed by atoms with E-state index in [9.17, 15) is 0 Å². The van der Waals surface area contributed by atoms with Crippen LogP contribution in [0, 0.1) is 0 Å². The summed E-state index contributed by atoms with van der Waals surface area (Å²) >= 11 is 3.38. The van der Waals surface area contributed by atoms with Crippen molar-refractivity contribution in [1.82, 2.24) is 5.32 Å². The van der Waals surface area contributed by atoms with Crippen molar-refractivity contribution in [3.8, 4) is 0 Å². The fraction of sp³-hybridized carbons (Fsp3) is 0.400. The zero-order valence-electron chi connectivity index (χ0n) is 7.39. The van der Waals surface area contributed by atoms with E-state index in [0.29, 0.717) is 0 Å². The first-order valence-electron chi connectivity index (χ1n) is 4.53. The van der Waals surface area contributed by atoms with Gasteiger partial charge in [0.1, 0.15) is 0 Å². The van der Waals surface area contributed by atoms with Crippen LogP contribution in [0.3, 0.4) is 0 Å². The summed E-state index contributed by atoms with van der Waals surface area (Å²) in [6.07, 6.45) is 2.65. The second-order valence-electron chi connectivity index (χ2n) is 3.51. The van der Waals surface area contributed by atoms with Gasteiger partial charge in [0.15, 0.2) is 0 Å². The first-order chi connectivity index (χ1) is 6.25. The van der Waals surface area contributed by atoms with Gasteiger partial charge < -0.3 is 11.1 Å². The minimum atomic E-state index is 0.755. The van der Waals surface area contributed by atoms with Gasteiger partial charge in [0.25, 0.3) is 0 Å². The fourth-order valence-corrected chi connectivity index (χ4v) is 1.50. The van der Waals surface area contributed by atoms with E-state index >= 15 is 0 Å². The molecule has 13 heavy (non-hydrogen) atoms. The van der Waals surface area contributed by atoms with Crippen LogP contribution in [0.25, 0.3) is 0 Å². The van der Waals surface area contributed by atoms with Crippen molar-refractivity contribution >= 4 is 21.6 Å². The number of anilines is 1. The van der Waals surface area contributed by atoms with Crippen LogP contribution in [0.5, 0.6) is 0 Å². The van der Waals surface area contributed by atoms with E-state index < -0.39 is 0 Å². The molecule has 0 bridgehead atoms. The standard InChI is InChI=1S/C10H13BrN2/c11-9-4-1-7(5-10(9)12)6-13-8-2-3-8/h1,4-5,8,13H,2-3,6,12H2. The van der Waals surface area contributed by atoms with E-state index in [0.717, 1.165) is 22.7 Å². The van der Waals surface area contributed by atoms with E-state index in [4.69, 9.17) is 5.73 Å². The van der Waals surface area contributed by atoms with Gasteiger partial charge in [-0.05, 0) is 46.5 Å². The van der Waals surface area contributed by atoms with Gasteiger partial charge in [0.2, 0.25) is 0 Å². The van der Waals surface area contributed by atoms with E-state index in [1.165, 1.54) is 18.4 Å². The van der Waals surface area contributed by atoms with E-state index in [-0.39, 0.29) is 0 Å². The number of hydrogen-bond donors (Lipinski definition) is 2. The Morgan fingerprint density at radius 2 is 2.23 bits per heavy atom. The molecule has 0 aliphatic heterocycles. The molecular weight excluding hydrogens is 228 g/mol. The topological polar surface area (TPSA) is 38.0 Å². The summed E-state index contributed by atoms with van der Waals surface area (Å²) in [5.41, 5.74) is 7.84. The maximum atomic E-state index is 5.77. The summed E-state index contributed by atoms with van der Waals surface area (Å²) in [5, 5.41) is 3.45. The highest BCUT2D eigenvalue weighted by Crippen LogP contribution is 2.22. The summed E-state index contributed by atoms with van der Waals surface area (Å²) in [6, 6.07) is 6.86. The summed E-state index contributed by atoms with van der Waals surface area (Å²) < 4.78 is 0.975. The van der Waals surface area contributed by atoms with Gasteiger partial charge >= 0.3 is 0 Å². The molecule has 1 aromatic carbocycles. The van der Waals surface area contributed by atoms with Crippen LogP contribution < -0.4 is 11.1 Å². The number of halogens is 1. The molecule has 0 aromatic heterocycles. The van der Waals surface area contributed by atoms with Gasteiger partial charge in [0.05, 0.1) is 0 Å². The molecule has 1 saturated carbocycles. The van der Waals surface area contributed by atoms with Crippen LogP contribution in [0.2, 0.25) is 0 Å². The molecule has 1 aromatic rings. The lowest BCUT2D eigenvalue weighted by Gasteiger charge is -2.04. The van der Waals surface area contributed by atoms with Gasteiger partial charge in [0, 0.05) is 22.7 Å². The van der Waals surface area contributed by atoms with Crippen molar-refractivity contribution in [2.75, 3.05) is 5.73 Å². The number of nitrogen functional groups attached to an aromatic ring is 1. The normalized spacial score (nSPS) is 16.1. The van der Waals surface area contributed by atoms with Crippen LogP contribution in [-0.2, 0) is 6.54 Å². The van der Waals surface area contributed by atoms with Gasteiger partial charge in [-0.15, -0.1) is 0 Å². The van der Waals surface area contributed by atoms with Crippen molar-refractivity contribution < 1.29 is 0 Å². The minimum Gasteiger partial charge on any atom is -0.398 e. The molecule has 0 radical (unpaired) electrons. The Morgan fingerprint density at radius 3 is 2.85 bits per heavy atom. The monoisotopic (exact) mass is 240 g/mol. The Balaban J connectivity index is 1.98. The Labute approximate surface area is 86.6 Å². The van der Waals surface area contributed by atoms with E-state index in [1.807, 2.05) is 12.1 Å². The van der Waals surface area contributed by atoms with Gasteiger partial charge in [-0.3, -0.25) is 0 Å². The lowest BCUT2D eigenvalue weighted by Crippen LogP contribution is -2.15. The number of hydrogen-bond acceptors (Lipinski definition) is 2. The molecule has 1 fully saturated rings. The van der Waals surface area contributed by atoms with Crippen LogP contribution >= 0.6 is 15.9 Å². The Kier molecular flexibility index (Phi) is 2.56. The van der Waals surface area contributed by atoms with Crippen molar-refractivity contribution in [1.29, 1.82) is 0 Å². The van der Waals surface area contributed by atoms with Gasteiger partial charge in [-0.2, -0.15) is 0 Å². The molecule has 0 saturated heterocycles. The van der Waals surface area contributed by atoms with Crippen molar-refractivity contribution in [3.05, 3.63) is 28.2 Å². The van der Waals surface area contributed by atoms with E-state index in [2.05, 4.69) is 27.3 Å². The summed E-state index contributed by atoms with van der Waals surface area (Å²) in [5.74, 6) is 0. The molecule has 0 amide bonds. The third-order valence-corrected chi connectivity index (χ3v) is 2.95. The molecule has 3 N–H and O–H groups in total. The average molecular weight is 241 g/mol. The van der Waals surface area contributed by atoms with Crippen molar-refractivity contribution in [2.24, 2.45) is 0 Å². The molecule has 1 aliphatic carbocycles. The highest BCUT2D eigenvalue weighted by molar-refractivity contribution is 9.10. The predicted octanol–water partition coefficient (Wildman–Crippen LogP) is 2.28. The Morgan fingerprint density at radius 1 is 1.46 bits per heavy atom. The van der Waals surface area contributed by atoms with Gasteiger partial charge in [-0.25, -0.2) is 0 Å². The summed E-state index contributed by atoms with van der Waals surface area (Å²) in [4.78, 5) is 0. The first kappa shape index (κ1) is 9.03. The molecule has 1 aliphatic rings. The minimum absolute atomic E-state index is 0.755. The number of rotatable bonds is 3. The Hall–Kier alpha value is -0.540. The van der Waals surface area contributed by atoms with Crippen molar-refractivity contribution in [2.45, 2.75) is 25.4 Å². The van der Waals surface area contributed by atoms with Crippen LogP contribution in [0.4, 0.5) is 5.69 Å². The third-order valence-electron chi connectivity index (χ3n) is 2.23. The number of nitrogens with one attached hydrogen (secondary N) is 1. The Bertz CT molecular complexity index is 308. The molecule has 70 valence electrons. The predicted molar refractivity (Wildman–Crippen MR) is 58.4 cm³/mol. The lowest BCUT2D eigenvalue weighted by molar-refractivity contribution is 0.688. The maximum absolute atomic E-state index is 5.77. The third kappa shape index (κ3) is 2.45. The molecule has 2 rings (SSSR count). The molecule has 2 nitrogen and oxygen atoms in total. The first-order valence-corrected chi connectivity index (χ1v) is 5.32. The number of nitrogens with two attached hydrogens (primary N) is 1.